The van der Waals surface area contributed by atoms with Crippen LogP contribution in [0.25, 0.3) is 21.9 Å². The molecule has 3 heterocycles. The van der Waals surface area contributed by atoms with Crippen LogP contribution in [-0.4, -0.2) is 37.3 Å². The fourth-order valence-corrected chi connectivity index (χ4v) is 4.21. The van der Waals surface area contributed by atoms with Crippen LogP contribution in [0.15, 0.2) is 58.1 Å². The van der Waals surface area contributed by atoms with E-state index in [2.05, 4.69) is 20.4 Å². The summed E-state index contributed by atoms with van der Waals surface area (Å²) in [7, 11) is 1.52. The van der Waals surface area contributed by atoms with Gasteiger partial charge in [0.1, 0.15) is 29.9 Å². The molecule has 0 bridgehead atoms. The Kier molecular flexibility index (Phi) is 5.96. The third-order valence-corrected chi connectivity index (χ3v) is 5.90. The maximum Gasteiger partial charge on any atom is 0.278 e. The van der Waals surface area contributed by atoms with Crippen molar-refractivity contribution >= 4 is 45.1 Å². The molecule has 5 rings (SSSR count). The molecule has 0 atom stereocenters. The number of hydrogen-bond acceptors (Lipinski definition) is 7. The molecule has 0 radical (unpaired) electrons. The predicted octanol–water partition coefficient (Wildman–Crippen LogP) is 3.65. The van der Waals surface area contributed by atoms with Crippen molar-refractivity contribution in [2.24, 2.45) is 0 Å². The van der Waals surface area contributed by atoms with Crippen molar-refractivity contribution < 1.29 is 14.1 Å². The van der Waals surface area contributed by atoms with Crippen LogP contribution in [0.3, 0.4) is 0 Å². The summed E-state index contributed by atoms with van der Waals surface area (Å²) in [6.45, 7) is 1.89. The van der Waals surface area contributed by atoms with Crippen LogP contribution in [0.4, 0.5) is 5.69 Å². The maximum absolute atomic E-state index is 13.5. The highest BCUT2D eigenvalue weighted by molar-refractivity contribution is 6.32. The number of nitrogens with zero attached hydrogens (tertiary/aromatic N) is 5. The Balaban J connectivity index is 1.53. The molecule has 11 heteroatoms. The molecule has 5 aromatic rings. The van der Waals surface area contributed by atoms with Gasteiger partial charge in [-0.05, 0) is 24.3 Å². The van der Waals surface area contributed by atoms with E-state index < -0.39 is 0 Å². The number of methoxy groups -OCH3 is 1. The predicted molar refractivity (Wildman–Crippen MR) is 131 cm³/mol. The Bertz CT molecular complexity index is 1620. The molecular weight excluding hydrogens is 472 g/mol. The quantitative estimate of drug-likeness (QED) is 0.368. The topological polar surface area (TPSA) is 117 Å². The van der Waals surface area contributed by atoms with E-state index in [4.69, 9.17) is 20.9 Å². The van der Waals surface area contributed by atoms with Crippen LogP contribution >= 0.6 is 11.6 Å². The molecule has 0 saturated carbocycles. The van der Waals surface area contributed by atoms with Gasteiger partial charge in [-0.25, -0.2) is 4.98 Å². The fraction of sp³-hybridized carbons (Fsp3) is 0.208. The highest BCUT2D eigenvalue weighted by Gasteiger charge is 2.19. The monoisotopic (exact) mass is 492 g/mol. The van der Waals surface area contributed by atoms with E-state index in [-0.39, 0.29) is 24.6 Å². The second-order valence-electron chi connectivity index (χ2n) is 7.83. The number of aryl methyl sites for hydroxylation is 1. The third kappa shape index (κ3) is 4.24. The molecule has 10 nitrogen and oxygen atoms in total. The summed E-state index contributed by atoms with van der Waals surface area (Å²) in [6, 6.07) is 12.4. The minimum atomic E-state index is -0.326. The molecule has 0 aliphatic carbocycles. The number of para-hydroxylation sites is 1. The van der Waals surface area contributed by atoms with E-state index in [9.17, 15) is 9.59 Å². The molecule has 1 N–H and O–H groups in total. The summed E-state index contributed by atoms with van der Waals surface area (Å²) in [4.78, 5) is 35.3. The molecular formula is C24H21ClN6O4. The number of aromatic nitrogens is 5. The van der Waals surface area contributed by atoms with Gasteiger partial charge in [0.2, 0.25) is 11.8 Å². The molecule has 3 aromatic heterocycles. The van der Waals surface area contributed by atoms with Crippen molar-refractivity contribution in [3.8, 4) is 5.75 Å². The van der Waals surface area contributed by atoms with Gasteiger partial charge in [-0.1, -0.05) is 41.9 Å². The van der Waals surface area contributed by atoms with Crippen LogP contribution in [0.1, 0.15) is 18.6 Å². The number of nitrogens with one attached hydrogen (secondary N) is 1. The van der Waals surface area contributed by atoms with Crippen LogP contribution in [-0.2, 0) is 24.3 Å². The van der Waals surface area contributed by atoms with Crippen LogP contribution < -0.4 is 15.6 Å². The number of ether oxygens (including phenoxy) is 1. The van der Waals surface area contributed by atoms with Gasteiger partial charge >= 0.3 is 0 Å². The fourth-order valence-electron chi connectivity index (χ4n) is 3.96. The van der Waals surface area contributed by atoms with Crippen molar-refractivity contribution in [3.05, 3.63) is 75.9 Å². The van der Waals surface area contributed by atoms with Gasteiger partial charge in [-0.15, -0.1) is 0 Å². The zero-order valence-corrected chi connectivity index (χ0v) is 19.7. The first kappa shape index (κ1) is 22.6. The van der Waals surface area contributed by atoms with E-state index >= 15 is 0 Å². The lowest BCUT2D eigenvalue weighted by molar-refractivity contribution is -0.116. The molecule has 1 amide bonds. The number of halogens is 1. The van der Waals surface area contributed by atoms with Crippen molar-refractivity contribution in [2.75, 3.05) is 12.4 Å². The van der Waals surface area contributed by atoms with Crippen molar-refractivity contribution in [2.45, 2.75) is 26.4 Å². The number of anilines is 1. The maximum atomic E-state index is 13.5. The van der Waals surface area contributed by atoms with Gasteiger partial charge in [0.15, 0.2) is 5.82 Å². The first-order valence-electron chi connectivity index (χ1n) is 10.9. The highest BCUT2D eigenvalue weighted by Crippen LogP contribution is 2.28. The molecule has 2 aromatic carbocycles. The van der Waals surface area contributed by atoms with Crippen molar-refractivity contribution in [1.29, 1.82) is 0 Å². The highest BCUT2D eigenvalue weighted by atomic mass is 35.5. The van der Waals surface area contributed by atoms with Crippen molar-refractivity contribution in [3.63, 3.8) is 0 Å². The second kappa shape index (κ2) is 9.22. The summed E-state index contributed by atoms with van der Waals surface area (Å²) in [5.41, 5.74) is 1.75. The minimum absolute atomic E-state index is 0.0762. The van der Waals surface area contributed by atoms with Crippen LogP contribution in [0.5, 0.6) is 5.75 Å². The molecule has 0 unspecified atom stereocenters. The second-order valence-corrected chi connectivity index (χ2v) is 8.24. The van der Waals surface area contributed by atoms with Crippen LogP contribution in [0.2, 0.25) is 5.02 Å². The summed E-state index contributed by atoms with van der Waals surface area (Å²) in [5.74, 6) is 1.05. The standard InChI is InChI=1S/C24H21ClN6O4/c1-3-19-28-21(35-29-19)12-30-13-26-22-15-6-4-5-7-17(15)31(23(22)24(30)33)11-20(32)27-14-8-9-18(34-2)16(25)10-14/h4-10,13H,3,11-12H2,1-2H3,(H,27,32). The SMILES string of the molecule is CCc1noc(Cn2cnc3c4ccccc4n(CC(=O)Nc4ccc(OC)c(Cl)c4)c3c2=O)n1. The number of benzene rings is 2. The number of rotatable bonds is 7. The van der Waals surface area contributed by atoms with E-state index in [1.165, 1.54) is 18.0 Å². The average Bonchev–Trinajstić information content (AvgIpc) is 3.44. The third-order valence-electron chi connectivity index (χ3n) is 5.60. The van der Waals surface area contributed by atoms with Gasteiger partial charge in [0, 0.05) is 17.5 Å². The summed E-state index contributed by atoms with van der Waals surface area (Å²) < 4.78 is 13.5. The molecule has 0 saturated heterocycles. The molecule has 178 valence electrons. The van der Waals surface area contributed by atoms with Gasteiger partial charge in [-0.2, -0.15) is 4.98 Å². The molecule has 0 aliphatic rings. The molecule has 0 fully saturated rings. The number of fused-ring (bicyclic) bond motifs is 3. The summed E-state index contributed by atoms with van der Waals surface area (Å²) in [6.07, 6.45) is 2.08. The largest absolute Gasteiger partial charge is 0.495 e. The van der Waals surface area contributed by atoms with Crippen LogP contribution in [0, 0.1) is 0 Å². The first-order valence-corrected chi connectivity index (χ1v) is 11.3. The Labute approximate surface area is 204 Å². The zero-order valence-electron chi connectivity index (χ0n) is 19.0. The van der Waals surface area contributed by atoms with E-state index in [1.807, 2.05) is 31.2 Å². The van der Waals surface area contributed by atoms with Gasteiger partial charge in [-0.3, -0.25) is 14.2 Å². The van der Waals surface area contributed by atoms with Crippen molar-refractivity contribution in [1.82, 2.24) is 24.3 Å². The van der Waals surface area contributed by atoms with Gasteiger partial charge < -0.3 is 19.1 Å². The lowest BCUT2D eigenvalue weighted by atomic mass is 10.2. The number of hydrogen-bond donors (Lipinski definition) is 1. The Morgan fingerprint density at radius 3 is 2.80 bits per heavy atom. The van der Waals surface area contributed by atoms with Gasteiger partial charge in [0.25, 0.3) is 5.56 Å². The lowest BCUT2D eigenvalue weighted by Gasteiger charge is -2.10. The van der Waals surface area contributed by atoms with E-state index in [1.54, 1.807) is 22.8 Å². The Morgan fingerprint density at radius 1 is 1.23 bits per heavy atom. The van der Waals surface area contributed by atoms with Gasteiger partial charge in [0.05, 0.1) is 24.0 Å². The smallest absolute Gasteiger partial charge is 0.278 e. The molecule has 35 heavy (non-hydrogen) atoms. The number of carbonyl (C=O) groups excluding carboxylic acids is 1. The normalized spacial score (nSPS) is 11.3. The van der Waals surface area contributed by atoms with E-state index in [0.29, 0.717) is 45.6 Å². The first-order chi connectivity index (χ1) is 17.0. The number of carbonyl (C=O) groups is 1. The summed E-state index contributed by atoms with van der Waals surface area (Å²) in [5, 5.41) is 7.85. The molecule has 0 spiro atoms. The number of amides is 1. The zero-order chi connectivity index (χ0) is 24.5. The molecule has 0 aliphatic heterocycles. The lowest BCUT2D eigenvalue weighted by Crippen LogP contribution is -2.25. The summed E-state index contributed by atoms with van der Waals surface area (Å²) >= 11 is 6.18. The Morgan fingerprint density at radius 2 is 2.06 bits per heavy atom. The Hall–Kier alpha value is -4.18. The average molecular weight is 493 g/mol. The van der Waals surface area contributed by atoms with E-state index in [0.717, 1.165) is 10.9 Å². The minimum Gasteiger partial charge on any atom is -0.495 e.